The summed E-state index contributed by atoms with van der Waals surface area (Å²) in [4.78, 5) is 30.1. The van der Waals surface area contributed by atoms with Gasteiger partial charge in [-0.15, -0.1) is 0 Å². The van der Waals surface area contributed by atoms with E-state index in [0.29, 0.717) is 50.6 Å². The Hall–Kier alpha value is -5.78. The van der Waals surface area contributed by atoms with Gasteiger partial charge in [0.2, 0.25) is 0 Å². The lowest BCUT2D eigenvalue weighted by molar-refractivity contribution is 0.112. The molecule has 0 aromatic heterocycles. The van der Waals surface area contributed by atoms with Gasteiger partial charge >= 0.3 is 12.2 Å². The van der Waals surface area contributed by atoms with Crippen LogP contribution in [0.1, 0.15) is 95.9 Å². The molecule has 6 aliphatic carbocycles. The average Bonchev–Trinajstić information content (AvgIpc) is 4.17. The Balaban J connectivity index is 0.915. The second-order valence-electron chi connectivity index (χ2n) is 19.1. The number of amides is 2. The van der Waals surface area contributed by atoms with Gasteiger partial charge in [-0.05, 0) is 133 Å². The van der Waals surface area contributed by atoms with Gasteiger partial charge in [0.1, 0.15) is 22.2 Å². The van der Waals surface area contributed by atoms with Gasteiger partial charge in [0.15, 0.2) is 0 Å². The number of fused-ring (bicyclic) bond motifs is 12. The Morgan fingerprint density at radius 3 is 1.63 bits per heavy atom. The topological polar surface area (TPSA) is 133 Å². The van der Waals surface area contributed by atoms with E-state index in [1.54, 1.807) is 0 Å². The lowest BCUT2D eigenvalue weighted by Gasteiger charge is -2.31. The van der Waals surface area contributed by atoms with E-state index in [9.17, 15) is 9.59 Å². The molecule has 2 aliphatic heterocycles. The van der Waals surface area contributed by atoms with Gasteiger partial charge in [0.05, 0.1) is 37.7 Å². The standard InChI is InChI=1S/C50H52N8O4/c1-61-45(59)57-25-23-49(38-16-6-4-12-32(38)28-43(49)57)54-52-42-20-8-18-40-36(42)30-44-50(40,24-26-58(44)46(60)62-2)56-55-48-22-10-14-34(48)29-35-39(48)17-7-19-41(35)51-53-47-21-9-13-33(47)27-31-11-3-5-15-37(31)47/h3-8,11-12,15-20,33-34,43-44H,9-10,13-14,21-30H2,1-2H3/t33?,34?,43?,44?,47-,48-,49+,50-/m1/s1. The van der Waals surface area contributed by atoms with Crippen LogP contribution in [0.25, 0.3) is 0 Å². The van der Waals surface area contributed by atoms with Crippen molar-refractivity contribution < 1.29 is 19.1 Å². The molecule has 12 heteroatoms. The maximum Gasteiger partial charge on any atom is 0.409 e. The van der Waals surface area contributed by atoms with Crippen molar-refractivity contribution >= 4 is 23.6 Å². The maximum atomic E-state index is 13.5. The zero-order chi connectivity index (χ0) is 41.8. The summed E-state index contributed by atoms with van der Waals surface area (Å²) >= 11 is 0. The molecular weight excluding hydrogens is 777 g/mol. The quantitative estimate of drug-likeness (QED) is 0.179. The predicted molar refractivity (Wildman–Crippen MR) is 231 cm³/mol. The minimum Gasteiger partial charge on any atom is -0.453 e. The summed E-state index contributed by atoms with van der Waals surface area (Å²) in [6, 6.07) is 29.5. The molecule has 8 atom stereocenters. The van der Waals surface area contributed by atoms with Crippen LogP contribution in [0.15, 0.2) is 116 Å². The molecule has 8 aliphatic rings. The monoisotopic (exact) mass is 828 g/mol. The molecule has 2 saturated carbocycles. The fourth-order valence-corrected chi connectivity index (χ4v) is 13.9. The third kappa shape index (κ3) is 5.12. The molecule has 4 unspecified atom stereocenters. The minimum absolute atomic E-state index is 0.184. The maximum absolute atomic E-state index is 13.5. The third-order valence-corrected chi connectivity index (χ3v) is 16.7. The molecule has 4 fully saturated rings. The van der Waals surface area contributed by atoms with Crippen molar-refractivity contribution in [2.24, 2.45) is 42.5 Å². The Labute approximate surface area is 361 Å². The van der Waals surface area contributed by atoms with E-state index in [4.69, 9.17) is 40.2 Å². The Bertz CT molecular complexity index is 2630. The number of carbonyl (C=O) groups is 2. The number of azo groups is 3. The molecule has 2 saturated heterocycles. The van der Waals surface area contributed by atoms with E-state index >= 15 is 0 Å². The Morgan fingerprint density at radius 2 is 0.984 bits per heavy atom. The molecule has 4 aromatic rings. The number of rotatable bonds is 6. The summed E-state index contributed by atoms with van der Waals surface area (Å²) < 4.78 is 10.6. The smallest absolute Gasteiger partial charge is 0.409 e. The number of ether oxygens (including phenoxy) is 2. The number of methoxy groups -OCH3 is 2. The molecule has 12 rings (SSSR count). The zero-order valence-electron chi connectivity index (χ0n) is 35.5. The molecular formula is C50H52N8O4. The van der Waals surface area contributed by atoms with Gasteiger partial charge in [-0.1, -0.05) is 85.6 Å². The van der Waals surface area contributed by atoms with Crippen LogP contribution in [-0.4, -0.2) is 61.4 Å². The van der Waals surface area contributed by atoms with Gasteiger partial charge in [-0.25, -0.2) is 9.59 Å². The first-order valence-corrected chi connectivity index (χ1v) is 22.7. The van der Waals surface area contributed by atoms with E-state index in [-0.39, 0.29) is 29.8 Å². The van der Waals surface area contributed by atoms with E-state index in [1.165, 1.54) is 54.9 Å². The van der Waals surface area contributed by atoms with Crippen LogP contribution >= 0.6 is 0 Å². The van der Waals surface area contributed by atoms with Crippen LogP contribution in [0.5, 0.6) is 0 Å². The van der Waals surface area contributed by atoms with E-state index in [0.717, 1.165) is 66.6 Å². The van der Waals surface area contributed by atoms with Crippen LogP contribution in [0.3, 0.4) is 0 Å². The molecule has 62 heavy (non-hydrogen) atoms. The van der Waals surface area contributed by atoms with Gasteiger partial charge in [0.25, 0.3) is 0 Å². The molecule has 4 aromatic carbocycles. The van der Waals surface area contributed by atoms with Crippen LogP contribution in [0.2, 0.25) is 0 Å². The van der Waals surface area contributed by atoms with Crippen molar-refractivity contribution in [1.29, 1.82) is 0 Å². The largest absolute Gasteiger partial charge is 0.453 e. The summed E-state index contributed by atoms with van der Waals surface area (Å²) in [6.45, 7) is 1.07. The predicted octanol–water partition coefficient (Wildman–Crippen LogP) is 10.7. The molecule has 316 valence electrons. The van der Waals surface area contributed by atoms with Crippen LogP contribution in [0, 0.1) is 11.8 Å². The first-order valence-electron chi connectivity index (χ1n) is 22.7. The zero-order valence-corrected chi connectivity index (χ0v) is 35.5. The summed E-state index contributed by atoms with van der Waals surface area (Å²) in [5, 5.41) is 31.9. The van der Waals surface area contributed by atoms with Crippen LogP contribution in [0.4, 0.5) is 21.0 Å². The molecule has 12 nitrogen and oxygen atoms in total. The minimum atomic E-state index is -0.765. The second kappa shape index (κ2) is 13.9. The molecule has 0 bridgehead atoms. The number of benzene rings is 4. The first kappa shape index (κ1) is 37.9. The summed E-state index contributed by atoms with van der Waals surface area (Å²) in [5.74, 6) is 0.823. The Morgan fingerprint density at radius 1 is 0.516 bits per heavy atom. The lowest BCUT2D eigenvalue weighted by atomic mass is 9.86. The lowest BCUT2D eigenvalue weighted by Crippen LogP contribution is -2.42. The average molecular weight is 829 g/mol. The fourth-order valence-electron chi connectivity index (χ4n) is 13.9. The SMILES string of the molecule is COC(=O)N1CC[C@]2(N=Nc3cccc4c3CC3N(C(=O)OC)CC[C@@]43N=N[C@]34CCCC3Cc3c(N=N[C@]56CCCC5Cc5ccccc56)cccc34)c3ccccc3CC12. The van der Waals surface area contributed by atoms with Crippen molar-refractivity contribution in [2.75, 3.05) is 27.3 Å². The first-order chi connectivity index (χ1) is 30.3. The third-order valence-electron chi connectivity index (χ3n) is 16.7. The second-order valence-corrected chi connectivity index (χ2v) is 19.1. The fraction of sp³-hybridized carbons (Fsp3) is 0.480. The van der Waals surface area contributed by atoms with Gasteiger partial charge in [-0.2, -0.15) is 30.7 Å². The highest BCUT2D eigenvalue weighted by Gasteiger charge is 2.60. The normalized spacial score (nSPS) is 33.2. The van der Waals surface area contributed by atoms with Crippen molar-refractivity contribution in [2.45, 2.75) is 111 Å². The number of hydrogen-bond acceptors (Lipinski definition) is 10. The van der Waals surface area contributed by atoms with Gasteiger partial charge in [-0.3, -0.25) is 0 Å². The molecule has 0 radical (unpaired) electrons. The summed E-state index contributed by atoms with van der Waals surface area (Å²) in [5.41, 5.74) is 9.24. The number of carbonyl (C=O) groups excluding carboxylic acids is 2. The highest BCUT2D eigenvalue weighted by Crippen LogP contribution is 2.60. The number of hydrogen-bond donors (Lipinski definition) is 0. The number of likely N-dealkylation sites (tertiary alicyclic amines) is 2. The Kier molecular flexibility index (Phi) is 8.48. The highest BCUT2D eigenvalue weighted by atomic mass is 16.5. The highest BCUT2D eigenvalue weighted by molar-refractivity contribution is 5.71. The molecule has 0 N–H and O–H groups in total. The molecule has 0 spiro atoms. The van der Waals surface area contributed by atoms with E-state index in [2.05, 4.69) is 60.7 Å². The van der Waals surface area contributed by atoms with Crippen molar-refractivity contribution in [1.82, 2.24) is 9.80 Å². The molecule has 2 heterocycles. The molecule has 2 amide bonds. The van der Waals surface area contributed by atoms with Gasteiger partial charge in [0, 0.05) is 13.1 Å². The van der Waals surface area contributed by atoms with Crippen molar-refractivity contribution in [3.63, 3.8) is 0 Å². The van der Waals surface area contributed by atoms with E-state index < -0.39 is 16.6 Å². The number of nitrogens with zero attached hydrogens (tertiary/aromatic N) is 8. The van der Waals surface area contributed by atoms with Crippen LogP contribution in [-0.2, 0) is 57.3 Å². The van der Waals surface area contributed by atoms with Crippen molar-refractivity contribution in [3.05, 3.63) is 129 Å². The van der Waals surface area contributed by atoms with Crippen molar-refractivity contribution in [3.8, 4) is 0 Å². The summed E-state index contributed by atoms with van der Waals surface area (Å²) in [6.07, 6.45) is 10.4. The van der Waals surface area contributed by atoms with E-state index in [1.807, 2.05) is 34.1 Å². The van der Waals surface area contributed by atoms with Gasteiger partial charge < -0.3 is 19.3 Å². The summed E-state index contributed by atoms with van der Waals surface area (Å²) in [7, 11) is 2.88. The van der Waals surface area contributed by atoms with Crippen LogP contribution < -0.4 is 0 Å².